The molecule has 4 aliphatic rings. The molecule has 1 unspecified atom stereocenters. The van der Waals surface area contributed by atoms with Gasteiger partial charge < -0.3 is 37.9 Å². The minimum atomic E-state index is -0.637. The summed E-state index contributed by atoms with van der Waals surface area (Å²) >= 11 is 0. The van der Waals surface area contributed by atoms with Crippen molar-refractivity contribution >= 4 is 81.4 Å². The van der Waals surface area contributed by atoms with E-state index in [-0.39, 0.29) is 47.9 Å². The number of hydrogen-bond acceptors (Lipinski definition) is 9. The molecule has 3 atom stereocenters. The summed E-state index contributed by atoms with van der Waals surface area (Å²) in [5, 5.41) is 20.6. The molecule has 0 spiro atoms. The summed E-state index contributed by atoms with van der Waals surface area (Å²) in [6.45, 7) is 1.38. The van der Waals surface area contributed by atoms with Gasteiger partial charge in [-0.25, -0.2) is 19.2 Å². The van der Waals surface area contributed by atoms with Crippen molar-refractivity contribution in [3.63, 3.8) is 0 Å². The standard InChI is InChI=1S/C17H16N2O3.2C15H14N2O2.C15H12N2O2.4CH4/c1-11(20)22-16-10-12-6-2-4-8-14(12)19(17(18)21)15-9-5-3-7-13(15)16;3*16-15(19)17-12-7-3-1-5-10(12)9-14(18)11-6-2-4-8-13(11)17;;;;/h2-9,16H,10H2,1H3,(H2,18,21);2*1-8,14,18H,9H2,(H2,16,19);1-8H,9H2,(H2,16,19);4*1H4/t16-;14-;;;;;;/m00....../s1. The van der Waals surface area contributed by atoms with Crippen LogP contribution in [0.4, 0.5) is 64.7 Å². The number of carbonyl (C=O) groups is 6. The van der Waals surface area contributed by atoms with Crippen LogP contribution in [-0.4, -0.2) is 46.1 Å². The van der Waals surface area contributed by atoms with Gasteiger partial charge in [-0.1, -0.05) is 169 Å². The van der Waals surface area contributed by atoms with Crippen LogP contribution in [0, 0.1) is 0 Å². The number of Topliss-reactive ketones (excluding diaryl/α,β-unsaturated/α-hetero) is 1. The minimum absolute atomic E-state index is 0. The fourth-order valence-corrected chi connectivity index (χ4v) is 10.4. The Morgan fingerprint density at radius 2 is 0.663 bits per heavy atom. The van der Waals surface area contributed by atoms with Gasteiger partial charge >= 0.3 is 30.1 Å². The maximum absolute atomic E-state index is 12.3. The molecular weight excluding hydrogens is 1050 g/mol. The number of amides is 8. The number of fused-ring (bicyclic) bond motifs is 8. The van der Waals surface area contributed by atoms with Gasteiger partial charge in [-0.15, -0.1) is 0 Å². The Kier molecular flexibility index (Phi) is 21.4. The minimum Gasteiger partial charge on any atom is -0.457 e. The number of rotatable bonds is 1. The van der Waals surface area contributed by atoms with E-state index < -0.39 is 42.4 Å². The molecular formula is C66H72N8O9. The van der Waals surface area contributed by atoms with Crippen LogP contribution in [0.15, 0.2) is 194 Å². The number of benzene rings is 8. The first-order valence-corrected chi connectivity index (χ1v) is 25.2. The van der Waals surface area contributed by atoms with Crippen LogP contribution in [0.25, 0.3) is 0 Å². The second-order valence-corrected chi connectivity index (χ2v) is 18.7. The summed E-state index contributed by atoms with van der Waals surface area (Å²) < 4.78 is 5.46. The van der Waals surface area contributed by atoms with E-state index in [4.69, 9.17) is 27.7 Å². The van der Waals surface area contributed by atoms with Gasteiger partial charge in [-0.2, -0.15) is 0 Å². The average molecular weight is 1120 g/mol. The Labute approximate surface area is 484 Å². The number of primary amides is 4. The highest BCUT2D eigenvalue weighted by Crippen LogP contribution is 2.43. The predicted octanol–water partition coefficient (Wildman–Crippen LogP) is 13.2. The molecule has 0 saturated carbocycles. The maximum Gasteiger partial charge on any atom is 0.323 e. The molecule has 4 heterocycles. The lowest BCUT2D eigenvalue weighted by molar-refractivity contribution is -0.146. The number of nitrogens with two attached hydrogens (primary N) is 4. The monoisotopic (exact) mass is 1120 g/mol. The SMILES string of the molecule is C.C.C.C.CC(=O)O[C@H]1Cc2ccccc2N(C(N)=O)c2ccccc21.NC(=O)N1c2ccccc2CC(=O)c2ccccc21.NC(=O)N1c2ccccc2CC(O)c2ccccc21.NC(=O)N1c2ccccc2C[C@H](O)c2ccccc21. The third-order valence-corrected chi connectivity index (χ3v) is 13.7. The second-order valence-electron chi connectivity index (χ2n) is 18.7. The lowest BCUT2D eigenvalue weighted by Crippen LogP contribution is -2.32. The van der Waals surface area contributed by atoms with Crippen LogP contribution in [0.1, 0.15) is 104 Å². The third kappa shape index (κ3) is 13.4. The van der Waals surface area contributed by atoms with Crippen LogP contribution in [-0.2, 0) is 35.2 Å². The van der Waals surface area contributed by atoms with E-state index in [0.29, 0.717) is 53.3 Å². The van der Waals surface area contributed by atoms with Crippen molar-refractivity contribution in [3.05, 3.63) is 239 Å². The molecule has 0 fully saturated rings. The van der Waals surface area contributed by atoms with E-state index in [0.717, 1.165) is 56.0 Å². The molecule has 12 rings (SSSR count). The van der Waals surface area contributed by atoms with Gasteiger partial charge in [0.1, 0.15) is 6.10 Å². The molecule has 17 heteroatoms. The fraction of sp³-hybridized carbons (Fsp3) is 0.182. The van der Waals surface area contributed by atoms with Gasteiger partial charge in [0, 0.05) is 54.9 Å². The summed E-state index contributed by atoms with van der Waals surface area (Å²) in [4.78, 5) is 76.9. The quantitative estimate of drug-likeness (QED) is 0.0852. The van der Waals surface area contributed by atoms with Crippen molar-refractivity contribution in [3.8, 4) is 0 Å². The molecule has 430 valence electrons. The molecule has 0 saturated heterocycles. The zero-order chi connectivity index (χ0) is 55.9. The molecule has 0 radical (unpaired) electrons. The third-order valence-electron chi connectivity index (χ3n) is 13.7. The highest BCUT2D eigenvalue weighted by molar-refractivity contribution is 6.12. The van der Waals surface area contributed by atoms with Crippen molar-refractivity contribution in [2.24, 2.45) is 22.9 Å². The molecule has 8 aromatic rings. The number of urea groups is 4. The summed E-state index contributed by atoms with van der Waals surface area (Å²) in [5.41, 5.74) is 33.7. The number of ether oxygens (including phenoxy) is 1. The second kappa shape index (κ2) is 27.9. The summed E-state index contributed by atoms with van der Waals surface area (Å²) in [5.74, 6) is -0.364. The van der Waals surface area contributed by atoms with E-state index in [9.17, 15) is 39.0 Å². The van der Waals surface area contributed by atoms with Gasteiger partial charge in [0.2, 0.25) is 0 Å². The molecule has 10 N–H and O–H groups in total. The molecule has 83 heavy (non-hydrogen) atoms. The van der Waals surface area contributed by atoms with Gasteiger partial charge in [0.05, 0.1) is 57.7 Å². The number of aliphatic hydroxyl groups excluding tert-OH is 2. The molecule has 0 bridgehead atoms. The number of aliphatic hydroxyl groups is 2. The van der Waals surface area contributed by atoms with E-state index in [1.54, 1.807) is 48.5 Å². The summed E-state index contributed by atoms with van der Waals surface area (Å²) in [7, 11) is 0. The fourth-order valence-electron chi connectivity index (χ4n) is 10.4. The van der Waals surface area contributed by atoms with Crippen LogP contribution in [0.2, 0.25) is 0 Å². The van der Waals surface area contributed by atoms with E-state index in [1.165, 1.54) is 26.5 Å². The first kappa shape index (κ1) is 63.7. The number of hydrogen-bond donors (Lipinski definition) is 6. The Morgan fingerprint density at radius 1 is 0.386 bits per heavy atom. The zero-order valence-corrected chi connectivity index (χ0v) is 42.9. The van der Waals surface area contributed by atoms with Gasteiger partial charge in [0.25, 0.3) is 0 Å². The largest absolute Gasteiger partial charge is 0.457 e. The van der Waals surface area contributed by atoms with Crippen molar-refractivity contribution < 1.29 is 43.7 Å². The van der Waals surface area contributed by atoms with Gasteiger partial charge in [-0.3, -0.25) is 29.2 Å². The Morgan fingerprint density at radius 3 is 1.05 bits per heavy atom. The highest BCUT2D eigenvalue weighted by Gasteiger charge is 2.33. The number of nitrogens with zero attached hydrogens (tertiary/aromatic N) is 4. The van der Waals surface area contributed by atoms with Crippen LogP contribution in [0.3, 0.4) is 0 Å². The smallest absolute Gasteiger partial charge is 0.323 e. The first-order valence-electron chi connectivity index (χ1n) is 25.2. The first-order chi connectivity index (χ1) is 38.1. The number of carbonyl (C=O) groups excluding carboxylic acids is 6. The van der Waals surface area contributed by atoms with Crippen molar-refractivity contribution in [2.45, 2.75) is 80.6 Å². The lowest BCUT2D eigenvalue weighted by atomic mass is 10.0. The molecule has 0 aliphatic carbocycles. The van der Waals surface area contributed by atoms with Crippen LogP contribution < -0.4 is 42.5 Å². The Bertz CT molecular complexity index is 3530. The lowest BCUT2D eigenvalue weighted by Gasteiger charge is -2.23. The summed E-state index contributed by atoms with van der Waals surface area (Å²) in [6, 6.07) is 56.5. The average Bonchev–Trinajstić information content (AvgIpc) is 3.78. The van der Waals surface area contributed by atoms with Crippen molar-refractivity contribution in [1.82, 2.24) is 0 Å². The summed E-state index contributed by atoms with van der Waals surface area (Å²) in [6.07, 6.45) is -0.0100. The molecule has 0 aromatic heterocycles. The maximum atomic E-state index is 12.3. The van der Waals surface area contributed by atoms with Crippen molar-refractivity contribution in [1.29, 1.82) is 0 Å². The molecule has 8 amide bonds. The molecule has 4 aliphatic heterocycles. The van der Waals surface area contributed by atoms with E-state index >= 15 is 0 Å². The number of para-hydroxylation sites is 8. The number of esters is 1. The zero-order valence-electron chi connectivity index (χ0n) is 42.9. The Balaban J connectivity index is 0.000000200. The number of ketones is 1. The Hall–Kier alpha value is -10.1. The van der Waals surface area contributed by atoms with E-state index in [1.807, 2.05) is 146 Å². The van der Waals surface area contributed by atoms with Crippen LogP contribution in [0.5, 0.6) is 0 Å². The number of anilines is 8. The van der Waals surface area contributed by atoms with Crippen LogP contribution >= 0.6 is 0 Å². The van der Waals surface area contributed by atoms with Crippen molar-refractivity contribution in [2.75, 3.05) is 19.6 Å². The van der Waals surface area contributed by atoms with E-state index in [2.05, 4.69) is 0 Å². The van der Waals surface area contributed by atoms with Gasteiger partial charge in [0.15, 0.2) is 5.78 Å². The predicted molar refractivity (Wildman–Crippen MR) is 329 cm³/mol. The molecule has 8 aromatic carbocycles. The normalized spacial score (nSPS) is 15.3. The van der Waals surface area contributed by atoms with Gasteiger partial charge in [-0.05, 0) is 76.9 Å². The highest BCUT2D eigenvalue weighted by atomic mass is 16.5. The topological polar surface area (TPSA) is 269 Å². The molecule has 17 nitrogen and oxygen atoms in total.